The zero-order valence-corrected chi connectivity index (χ0v) is 8.84. The van der Waals surface area contributed by atoms with E-state index in [1.54, 1.807) is 6.07 Å². The molecule has 0 aliphatic heterocycles. The fraction of sp³-hybridized carbons (Fsp3) is 0.455. The molecule has 0 aromatic heterocycles. The van der Waals surface area contributed by atoms with Crippen LogP contribution < -0.4 is 4.74 Å². The van der Waals surface area contributed by atoms with Gasteiger partial charge in [0, 0.05) is 5.02 Å². The summed E-state index contributed by atoms with van der Waals surface area (Å²) in [5, 5.41) is 9.79. The molecule has 0 atom stereocenters. The minimum Gasteiger partial charge on any atom is -0.485 e. The average molecular weight is 213 g/mol. The van der Waals surface area contributed by atoms with E-state index in [0.29, 0.717) is 5.02 Å². The summed E-state index contributed by atoms with van der Waals surface area (Å²) < 4.78 is 5.74. The van der Waals surface area contributed by atoms with E-state index in [1.807, 2.05) is 19.1 Å². The molecule has 1 aliphatic carbocycles. The first-order chi connectivity index (χ1) is 6.65. The first-order valence-corrected chi connectivity index (χ1v) is 5.09. The second kappa shape index (κ2) is 3.44. The number of halogens is 1. The van der Waals surface area contributed by atoms with Crippen molar-refractivity contribution in [2.24, 2.45) is 0 Å². The molecule has 2 nitrogen and oxygen atoms in total. The highest BCUT2D eigenvalue weighted by Gasteiger charge is 2.45. The van der Waals surface area contributed by atoms with Crippen molar-refractivity contribution in [3.8, 4) is 5.75 Å². The van der Waals surface area contributed by atoms with Crippen LogP contribution in [-0.2, 0) is 0 Å². The van der Waals surface area contributed by atoms with E-state index in [1.165, 1.54) is 0 Å². The maximum absolute atomic E-state index is 9.12. The van der Waals surface area contributed by atoms with E-state index in [-0.39, 0.29) is 12.2 Å². The lowest BCUT2D eigenvalue weighted by Gasteiger charge is -2.17. The number of aliphatic hydroxyl groups is 1. The summed E-state index contributed by atoms with van der Waals surface area (Å²) in [7, 11) is 0. The van der Waals surface area contributed by atoms with Crippen LogP contribution in [-0.4, -0.2) is 17.3 Å². The number of hydrogen-bond donors (Lipinski definition) is 1. The second-order valence-electron chi connectivity index (χ2n) is 3.85. The van der Waals surface area contributed by atoms with Gasteiger partial charge in [-0.2, -0.15) is 0 Å². The first kappa shape index (κ1) is 9.81. The molecule has 1 saturated carbocycles. The maximum atomic E-state index is 9.12. The minimum absolute atomic E-state index is 0.0823. The molecule has 0 heterocycles. The normalized spacial score (nSPS) is 17.9. The van der Waals surface area contributed by atoms with Crippen LogP contribution in [0.15, 0.2) is 18.2 Å². The predicted octanol–water partition coefficient (Wildman–Crippen LogP) is 2.55. The highest BCUT2D eigenvalue weighted by molar-refractivity contribution is 6.30. The molecule has 76 valence electrons. The molecule has 14 heavy (non-hydrogen) atoms. The van der Waals surface area contributed by atoms with E-state index in [4.69, 9.17) is 21.4 Å². The van der Waals surface area contributed by atoms with Gasteiger partial charge in [-0.3, -0.25) is 0 Å². The molecule has 1 aromatic rings. The summed E-state index contributed by atoms with van der Waals surface area (Å²) in [5.41, 5.74) is 0.726. The van der Waals surface area contributed by atoms with Crippen molar-refractivity contribution in [3.63, 3.8) is 0 Å². The van der Waals surface area contributed by atoms with Crippen molar-refractivity contribution < 1.29 is 9.84 Å². The Bertz CT molecular complexity index is 345. The van der Waals surface area contributed by atoms with Gasteiger partial charge in [-0.1, -0.05) is 17.7 Å². The number of aliphatic hydroxyl groups excluding tert-OH is 1. The summed E-state index contributed by atoms with van der Waals surface area (Å²) in [6.45, 7) is 2.05. The van der Waals surface area contributed by atoms with Crippen molar-refractivity contribution >= 4 is 11.6 Å². The Morgan fingerprint density at radius 2 is 2.21 bits per heavy atom. The third-order valence-corrected chi connectivity index (χ3v) is 2.81. The third kappa shape index (κ3) is 1.86. The number of ether oxygens (including phenoxy) is 1. The fourth-order valence-corrected chi connectivity index (χ4v) is 1.51. The van der Waals surface area contributed by atoms with Gasteiger partial charge in [-0.25, -0.2) is 0 Å². The quantitative estimate of drug-likeness (QED) is 0.835. The van der Waals surface area contributed by atoms with Crippen molar-refractivity contribution in [1.29, 1.82) is 0 Å². The van der Waals surface area contributed by atoms with Gasteiger partial charge in [0.05, 0.1) is 6.61 Å². The molecule has 3 heteroatoms. The SMILES string of the molecule is Cc1ccc(Cl)cc1OC1(CO)CC1. The van der Waals surface area contributed by atoms with Crippen LogP contribution in [0.25, 0.3) is 0 Å². The largest absolute Gasteiger partial charge is 0.485 e. The van der Waals surface area contributed by atoms with Crippen LogP contribution in [0, 0.1) is 6.92 Å². The Kier molecular flexibility index (Phi) is 2.41. The standard InChI is InChI=1S/C11H13ClO2/c1-8-2-3-9(12)6-10(8)14-11(7-13)4-5-11/h2-3,6,13H,4-5,7H2,1H3. The summed E-state index contributed by atoms with van der Waals surface area (Å²) in [6.07, 6.45) is 1.85. The van der Waals surface area contributed by atoms with Gasteiger partial charge in [-0.15, -0.1) is 0 Å². The number of rotatable bonds is 3. The van der Waals surface area contributed by atoms with Crippen LogP contribution in [0.5, 0.6) is 5.75 Å². The van der Waals surface area contributed by atoms with E-state index in [0.717, 1.165) is 24.2 Å². The first-order valence-electron chi connectivity index (χ1n) is 4.71. The highest BCUT2D eigenvalue weighted by atomic mass is 35.5. The average Bonchev–Trinajstić information content (AvgIpc) is 2.92. The van der Waals surface area contributed by atoms with Crippen molar-refractivity contribution in [1.82, 2.24) is 0 Å². The lowest BCUT2D eigenvalue weighted by Crippen LogP contribution is -2.23. The van der Waals surface area contributed by atoms with Crippen LogP contribution in [0.4, 0.5) is 0 Å². The third-order valence-electron chi connectivity index (χ3n) is 2.57. The van der Waals surface area contributed by atoms with Gasteiger partial charge in [0.1, 0.15) is 11.4 Å². The Balaban J connectivity index is 2.20. The zero-order valence-electron chi connectivity index (χ0n) is 8.09. The molecule has 0 spiro atoms. The molecule has 1 N–H and O–H groups in total. The van der Waals surface area contributed by atoms with Crippen LogP contribution in [0.3, 0.4) is 0 Å². The summed E-state index contributed by atoms with van der Waals surface area (Å²) >= 11 is 5.87. The molecule has 1 aromatic carbocycles. The Morgan fingerprint density at radius 3 is 2.79 bits per heavy atom. The minimum atomic E-state index is -0.324. The fourth-order valence-electron chi connectivity index (χ4n) is 1.35. The lowest BCUT2D eigenvalue weighted by atomic mass is 10.2. The van der Waals surface area contributed by atoms with Crippen molar-refractivity contribution in [2.45, 2.75) is 25.4 Å². The second-order valence-corrected chi connectivity index (χ2v) is 4.29. The maximum Gasteiger partial charge on any atom is 0.132 e. The number of hydrogen-bond acceptors (Lipinski definition) is 2. The summed E-state index contributed by atoms with van der Waals surface area (Å²) in [4.78, 5) is 0. The molecule has 0 saturated heterocycles. The smallest absolute Gasteiger partial charge is 0.132 e. The number of aryl methyl sites for hydroxylation is 1. The summed E-state index contributed by atoms with van der Waals surface area (Å²) in [5.74, 6) is 0.782. The molecular formula is C11H13ClO2. The topological polar surface area (TPSA) is 29.5 Å². The monoisotopic (exact) mass is 212 g/mol. The molecule has 2 rings (SSSR count). The van der Waals surface area contributed by atoms with Crippen molar-refractivity contribution in [2.75, 3.05) is 6.61 Å². The van der Waals surface area contributed by atoms with E-state index < -0.39 is 0 Å². The lowest BCUT2D eigenvalue weighted by molar-refractivity contribution is 0.0947. The summed E-state index contributed by atoms with van der Waals surface area (Å²) in [6, 6.07) is 5.56. The van der Waals surface area contributed by atoms with Gasteiger partial charge in [0.25, 0.3) is 0 Å². The van der Waals surface area contributed by atoms with E-state index in [2.05, 4.69) is 0 Å². The van der Waals surface area contributed by atoms with Gasteiger partial charge < -0.3 is 9.84 Å². The molecule has 1 fully saturated rings. The highest BCUT2D eigenvalue weighted by Crippen LogP contribution is 2.41. The molecule has 0 amide bonds. The van der Waals surface area contributed by atoms with E-state index in [9.17, 15) is 0 Å². The number of benzene rings is 1. The van der Waals surface area contributed by atoms with Crippen LogP contribution in [0.1, 0.15) is 18.4 Å². The zero-order chi connectivity index (χ0) is 10.2. The Morgan fingerprint density at radius 1 is 1.50 bits per heavy atom. The van der Waals surface area contributed by atoms with Crippen molar-refractivity contribution in [3.05, 3.63) is 28.8 Å². The van der Waals surface area contributed by atoms with Gasteiger partial charge in [0.15, 0.2) is 0 Å². The molecule has 0 bridgehead atoms. The molecular weight excluding hydrogens is 200 g/mol. The van der Waals surface area contributed by atoms with E-state index >= 15 is 0 Å². The molecule has 0 unspecified atom stereocenters. The van der Waals surface area contributed by atoms with Gasteiger partial charge in [-0.05, 0) is 37.5 Å². The van der Waals surface area contributed by atoms with Gasteiger partial charge >= 0.3 is 0 Å². The Labute approximate surface area is 88.5 Å². The molecule has 1 aliphatic rings. The van der Waals surface area contributed by atoms with Crippen LogP contribution in [0.2, 0.25) is 5.02 Å². The molecule has 0 radical (unpaired) electrons. The predicted molar refractivity (Wildman–Crippen MR) is 55.9 cm³/mol. The Hall–Kier alpha value is -0.730. The van der Waals surface area contributed by atoms with Crippen LogP contribution >= 0.6 is 11.6 Å². The van der Waals surface area contributed by atoms with Gasteiger partial charge in [0.2, 0.25) is 0 Å².